The molecule has 1 unspecified atom stereocenters. The van der Waals surface area contributed by atoms with Crippen molar-refractivity contribution >= 4 is 0 Å². The third-order valence-corrected chi connectivity index (χ3v) is 2.49. The van der Waals surface area contributed by atoms with E-state index in [1.165, 1.54) is 19.3 Å². The Hall–Kier alpha value is -0.590. The number of unbranched alkanes of at least 4 members (excludes halogenated alkanes) is 3. The number of ether oxygens (including phenoxy) is 1. The van der Waals surface area contributed by atoms with Gasteiger partial charge in [0.2, 0.25) is 0 Å². The minimum Gasteiger partial charge on any atom is -0.381 e. The molecule has 0 aliphatic heterocycles. The molecule has 0 fully saturated rings. The van der Waals surface area contributed by atoms with Crippen LogP contribution in [0.15, 0.2) is 0 Å². The fourth-order valence-electron chi connectivity index (χ4n) is 1.46. The van der Waals surface area contributed by atoms with Gasteiger partial charge in [0.25, 0.3) is 0 Å². The van der Waals surface area contributed by atoms with Crippen LogP contribution in [0.4, 0.5) is 0 Å². The Labute approximate surface area is 100 Å². The summed E-state index contributed by atoms with van der Waals surface area (Å²) in [5.41, 5.74) is 0. The van der Waals surface area contributed by atoms with Crippen molar-refractivity contribution in [2.24, 2.45) is 0 Å². The van der Waals surface area contributed by atoms with Gasteiger partial charge in [-0.3, -0.25) is 0 Å². The first-order valence-electron chi connectivity index (χ1n) is 6.55. The molecule has 0 heterocycles. The lowest BCUT2D eigenvalue weighted by molar-refractivity contribution is 0.124. The Morgan fingerprint density at radius 3 is 2.56 bits per heavy atom. The standard InChI is InChI=1S/C13H26N2O/c1-3-5-6-7-10-16-11-8-13(12-14)15-9-4-2/h13,15H,3-11H2,1-2H3. The van der Waals surface area contributed by atoms with Crippen LogP contribution >= 0.6 is 0 Å². The molecule has 0 bridgehead atoms. The molecule has 16 heavy (non-hydrogen) atoms. The third-order valence-electron chi connectivity index (χ3n) is 2.49. The second kappa shape index (κ2) is 12.5. The van der Waals surface area contributed by atoms with E-state index in [2.05, 4.69) is 25.2 Å². The summed E-state index contributed by atoms with van der Waals surface area (Å²) in [6, 6.07) is 2.21. The van der Waals surface area contributed by atoms with Gasteiger partial charge in [-0.1, -0.05) is 33.1 Å². The first kappa shape index (κ1) is 15.4. The smallest absolute Gasteiger partial charge is 0.0975 e. The highest BCUT2D eigenvalue weighted by molar-refractivity contribution is 4.89. The van der Waals surface area contributed by atoms with Crippen molar-refractivity contribution in [2.75, 3.05) is 19.8 Å². The molecule has 0 saturated heterocycles. The zero-order valence-corrected chi connectivity index (χ0v) is 10.8. The minimum absolute atomic E-state index is 0.0457. The van der Waals surface area contributed by atoms with Crippen LogP contribution in [0, 0.1) is 11.3 Å². The summed E-state index contributed by atoms with van der Waals surface area (Å²) >= 11 is 0. The Morgan fingerprint density at radius 1 is 1.12 bits per heavy atom. The van der Waals surface area contributed by atoms with Crippen molar-refractivity contribution in [2.45, 2.75) is 58.4 Å². The summed E-state index contributed by atoms with van der Waals surface area (Å²) in [5.74, 6) is 0. The molecule has 3 nitrogen and oxygen atoms in total. The van der Waals surface area contributed by atoms with Gasteiger partial charge in [0.05, 0.1) is 12.1 Å². The average Bonchev–Trinajstić information content (AvgIpc) is 2.32. The zero-order chi connectivity index (χ0) is 12.1. The molecule has 0 aromatic rings. The topological polar surface area (TPSA) is 45.0 Å². The highest BCUT2D eigenvalue weighted by Crippen LogP contribution is 1.99. The van der Waals surface area contributed by atoms with Crippen molar-refractivity contribution in [3.05, 3.63) is 0 Å². The van der Waals surface area contributed by atoms with Gasteiger partial charge < -0.3 is 10.1 Å². The van der Waals surface area contributed by atoms with E-state index in [0.29, 0.717) is 6.61 Å². The van der Waals surface area contributed by atoms with Gasteiger partial charge in [-0.05, 0) is 25.8 Å². The van der Waals surface area contributed by atoms with Gasteiger partial charge >= 0.3 is 0 Å². The molecule has 0 spiro atoms. The highest BCUT2D eigenvalue weighted by atomic mass is 16.5. The maximum absolute atomic E-state index is 8.86. The van der Waals surface area contributed by atoms with Crippen molar-refractivity contribution in [1.82, 2.24) is 5.32 Å². The van der Waals surface area contributed by atoms with Gasteiger partial charge in [0, 0.05) is 13.2 Å². The SMILES string of the molecule is CCCCCCOCCC(C#N)NCCC. The summed E-state index contributed by atoms with van der Waals surface area (Å²) < 4.78 is 5.50. The normalized spacial score (nSPS) is 12.3. The van der Waals surface area contributed by atoms with Crippen LogP contribution in [0.1, 0.15) is 52.4 Å². The predicted octanol–water partition coefficient (Wildman–Crippen LogP) is 2.87. The summed E-state index contributed by atoms with van der Waals surface area (Å²) in [7, 11) is 0. The van der Waals surface area contributed by atoms with Crippen molar-refractivity contribution in [3.8, 4) is 6.07 Å². The summed E-state index contributed by atoms with van der Waals surface area (Å²) in [6.07, 6.45) is 6.82. The first-order valence-corrected chi connectivity index (χ1v) is 6.55. The van der Waals surface area contributed by atoms with Crippen molar-refractivity contribution in [1.29, 1.82) is 5.26 Å². The lowest BCUT2D eigenvalue weighted by atomic mass is 10.2. The second-order valence-corrected chi connectivity index (χ2v) is 4.10. The van der Waals surface area contributed by atoms with Crippen LogP contribution in [-0.4, -0.2) is 25.8 Å². The van der Waals surface area contributed by atoms with Gasteiger partial charge in [-0.15, -0.1) is 0 Å². The lowest BCUT2D eigenvalue weighted by Gasteiger charge is -2.10. The molecule has 94 valence electrons. The third kappa shape index (κ3) is 9.95. The number of nitrogens with one attached hydrogen (secondary N) is 1. The van der Waals surface area contributed by atoms with E-state index in [-0.39, 0.29) is 6.04 Å². The van der Waals surface area contributed by atoms with Crippen LogP contribution in [-0.2, 0) is 4.74 Å². The molecule has 0 aromatic carbocycles. The van der Waals surface area contributed by atoms with E-state index in [1.54, 1.807) is 0 Å². The number of nitrogens with zero attached hydrogens (tertiary/aromatic N) is 1. The maximum atomic E-state index is 8.86. The molecule has 1 atom stereocenters. The van der Waals surface area contributed by atoms with Gasteiger partial charge in [0.15, 0.2) is 0 Å². The van der Waals surface area contributed by atoms with Gasteiger partial charge in [-0.2, -0.15) is 5.26 Å². The second-order valence-electron chi connectivity index (χ2n) is 4.10. The highest BCUT2D eigenvalue weighted by Gasteiger charge is 2.04. The average molecular weight is 226 g/mol. The number of nitriles is 1. The summed E-state index contributed by atoms with van der Waals surface area (Å²) in [6.45, 7) is 6.76. The Morgan fingerprint density at radius 2 is 1.94 bits per heavy atom. The molecule has 0 radical (unpaired) electrons. The molecule has 0 saturated carbocycles. The van der Waals surface area contributed by atoms with Crippen LogP contribution in [0.5, 0.6) is 0 Å². The van der Waals surface area contributed by atoms with Crippen molar-refractivity contribution in [3.63, 3.8) is 0 Å². The van der Waals surface area contributed by atoms with Crippen molar-refractivity contribution < 1.29 is 4.74 Å². The molecular formula is C13H26N2O. The molecule has 0 amide bonds. The van der Waals surface area contributed by atoms with Gasteiger partial charge in [0.1, 0.15) is 0 Å². The molecule has 0 aromatic heterocycles. The largest absolute Gasteiger partial charge is 0.381 e. The Kier molecular flexibility index (Phi) is 12.0. The minimum atomic E-state index is -0.0457. The van der Waals surface area contributed by atoms with Crippen LogP contribution in [0.2, 0.25) is 0 Å². The quantitative estimate of drug-likeness (QED) is 0.551. The van der Waals surface area contributed by atoms with E-state index in [1.807, 2.05) is 0 Å². The first-order chi connectivity index (χ1) is 7.85. The summed E-state index contributed by atoms with van der Waals surface area (Å²) in [4.78, 5) is 0. The number of rotatable bonds is 11. The van der Waals surface area contributed by atoms with Crippen LogP contribution in [0.3, 0.4) is 0 Å². The number of hydrogen-bond donors (Lipinski definition) is 1. The monoisotopic (exact) mass is 226 g/mol. The molecular weight excluding hydrogens is 200 g/mol. The maximum Gasteiger partial charge on any atom is 0.0975 e. The molecule has 0 aliphatic carbocycles. The fourth-order valence-corrected chi connectivity index (χ4v) is 1.46. The molecule has 0 rings (SSSR count). The molecule has 0 aliphatic rings. The van der Waals surface area contributed by atoms with Crippen LogP contribution < -0.4 is 5.32 Å². The molecule has 3 heteroatoms. The fraction of sp³-hybridized carbons (Fsp3) is 0.923. The van der Waals surface area contributed by atoms with E-state index >= 15 is 0 Å². The lowest BCUT2D eigenvalue weighted by Crippen LogP contribution is -2.29. The van der Waals surface area contributed by atoms with E-state index < -0.39 is 0 Å². The Balaban J connectivity index is 3.25. The van der Waals surface area contributed by atoms with Crippen LogP contribution in [0.25, 0.3) is 0 Å². The van der Waals surface area contributed by atoms with Gasteiger partial charge in [-0.25, -0.2) is 0 Å². The summed E-state index contributed by atoms with van der Waals surface area (Å²) in [5, 5.41) is 12.0. The van der Waals surface area contributed by atoms with E-state index in [0.717, 1.165) is 32.4 Å². The molecule has 1 N–H and O–H groups in total. The Bertz CT molecular complexity index is 177. The predicted molar refractivity (Wildman–Crippen MR) is 67.3 cm³/mol. The number of hydrogen-bond acceptors (Lipinski definition) is 3. The zero-order valence-electron chi connectivity index (χ0n) is 10.8. The van der Waals surface area contributed by atoms with E-state index in [9.17, 15) is 0 Å². The van der Waals surface area contributed by atoms with E-state index in [4.69, 9.17) is 10.00 Å².